The van der Waals surface area contributed by atoms with E-state index in [1.807, 2.05) is 6.20 Å². The number of rotatable bonds is 5. The molecule has 3 heterocycles. The number of hydrogen-bond acceptors (Lipinski definition) is 6. The van der Waals surface area contributed by atoms with Gasteiger partial charge in [0.1, 0.15) is 17.6 Å². The lowest BCUT2D eigenvalue weighted by Crippen LogP contribution is -2.23. The number of aromatic nitrogens is 2. The smallest absolute Gasteiger partial charge is 0.208 e. The van der Waals surface area contributed by atoms with E-state index >= 15 is 0 Å². The molecule has 6 heteroatoms. The molecule has 132 valence electrons. The number of likely N-dealkylation sites (tertiary alicyclic amines) is 1. The molecule has 2 aromatic heterocycles. The van der Waals surface area contributed by atoms with E-state index in [2.05, 4.69) is 47.0 Å². The van der Waals surface area contributed by atoms with Gasteiger partial charge < -0.3 is 9.73 Å². The van der Waals surface area contributed by atoms with Crippen LogP contribution in [0.15, 0.2) is 28.9 Å². The van der Waals surface area contributed by atoms with Gasteiger partial charge in [0.15, 0.2) is 0 Å². The van der Waals surface area contributed by atoms with Crippen molar-refractivity contribution in [3.63, 3.8) is 0 Å². The zero-order valence-electron chi connectivity index (χ0n) is 15.1. The lowest BCUT2D eigenvalue weighted by molar-refractivity contribution is 0.270. The van der Waals surface area contributed by atoms with Gasteiger partial charge in [-0.15, -0.1) is 0 Å². The average molecular weight is 339 g/mol. The van der Waals surface area contributed by atoms with Crippen molar-refractivity contribution in [1.29, 1.82) is 5.26 Å². The topological polar surface area (TPSA) is 78.0 Å². The predicted molar refractivity (Wildman–Crippen MR) is 96.0 cm³/mol. The first-order valence-corrected chi connectivity index (χ1v) is 8.72. The second-order valence-corrected chi connectivity index (χ2v) is 7.65. The summed E-state index contributed by atoms with van der Waals surface area (Å²) >= 11 is 0. The molecular formula is C19H25N5O. The van der Waals surface area contributed by atoms with Crippen molar-refractivity contribution in [2.75, 3.05) is 25.0 Å². The van der Waals surface area contributed by atoms with Crippen molar-refractivity contribution >= 4 is 5.82 Å². The third-order valence-corrected chi connectivity index (χ3v) is 4.51. The van der Waals surface area contributed by atoms with Crippen molar-refractivity contribution in [2.24, 2.45) is 5.92 Å². The molecule has 0 spiro atoms. The highest BCUT2D eigenvalue weighted by Crippen LogP contribution is 2.24. The van der Waals surface area contributed by atoms with Crippen molar-refractivity contribution in [3.05, 3.63) is 41.7 Å². The zero-order valence-corrected chi connectivity index (χ0v) is 15.1. The number of hydrogen-bond donors (Lipinski definition) is 1. The summed E-state index contributed by atoms with van der Waals surface area (Å²) in [7, 11) is 0. The number of nitriles is 1. The number of anilines is 1. The van der Waals surface area contributed by atoms with Gasteiger partial charge in [-0.2, -0.15) is 5.26 Å². The SMILES string of the molecule is CC(C)(C)c1cnc(CN2CCC(CNc3ncccc3C#N)C2)o1. The Kier molecular flexibility index (Phi) is 5.05. The predicted octanol–water partition coefficient (Wildman–Crippen LogP) is 3.17. The summed E-state index contributed by atoms with van der Waals surface area (Å²) < 4.78 is 5.89. The second-order valence-electron chi connectivity index (χ2n) is 7.65. The van der Waals surface area contributed by atoms with Crippen LogP contribution in [0.25, 0.3) is 0 Å². The van der Waals surface area contributed by atoms with Crippen molar-refractivity contribution in [3.8, 4) is 6.07 Å². The molecule has 0 radical (unpaired) electrons. The van der Waals surface area contributed by atoms with Gasteiger partial charge in [0.25, 0.3) is 0 Å². The van der Waals surface area contributed by atoms with Crippen LogP contribution in [0.2, 0.25) is 0 Å². The largest absolute Gasteiger partial charge is 0.444 e. The molecule has 0 aromatic carbocycles. The van der Waals surface area contributed by atoms with Gasteiger partial charge in [-0.3, -0.25) is 4.90 Å². The Morgan fingerprint density at radius 2 is 2.24 bits per heavy atom. The molecule has 1 N–H and O–H groups in total. The second kappa shape index (κ2) is 7.24. The highest BCUT2D eigenvalue weighted by atomic mass is 16.4. The Balaban J connectivity index is 1.50. The average Bonchev–Trinajstić information content (AvgIpc) is 3.23. The lowest BCUT2D eigenvalue weighted by Gasteiger charge is -2.16. The van der Waals surface area contributed by atoms with Crippen molar-refractivity contribution in [1.82, 2.24) is 14.9 Å². The Morgan fingerprint density at radius 1 is 1.40 bits per heavy atom. The first-order chi connectivity index (χ1) is 12.0. The first-order valence-electron chi connectivity index (χ1n) is 8.72. The van der Waals surface area contributed by atoms with E-state index in [4.69, 9.17) is 9.68 Å². The molecule has 1 aliphatic heterocycles. The van der Waals surface area contributed by atoms with Crippen LogP contribution in [0.4, 0.5) is 5.82 Å². The lowest BCUT2D eigenvalue weighted by atomic mass is 9.94. The van der Waals surface area contributed by atoms with Gasteiger partial charge in [0, 0.05) is 24.7 Å². The molecule has 2 aromatic rings. The maximum absolute atomic E-state index is 9.12. The standard InChI is InChI=1S/C19H25N5O/c1-19(2,3)16-11-22-17(25-16)13-24-8-6-14(12-24)10-23-18-15(9-20)5-4-7-21-18/h4-5,7,11,14H,6,8,10,12-13H2,1-3H3,(H,21,23). The van der Waals surface area contributed by atoms with Crippen LogP contribution in [-0.4, -0.2) is 34.5 Å². The molecule has 25 heavy (non-hydrogen) atoms. The molecule has 1 saturated heterocycles. The minimum atomic E-state index is -0.0101. The molecule has 0 aliphatic carbocycles. The third-order valence-electron chi connectivity index (χ3n) is 4.51. The minimum absolute atomic E-state index is 0.0101. The monoisotopic (exact) mass is 339 g/mol. The molecule has 6 nitrogen and oxygen atoms in total. The molecule has 0 bridgehead atoms. The number of nitrogens with zero attached hydrogens (tertiary/aromatic N) is 4. The molecule has 1 aliphatic rings. The minimum Gasteiger partial charge on any atom is -0.444 e. The molecule has 1 atom stereocenters. The third kappa shape index (κ3) is 4.37. The summed E-state index contributed by atoms with van der Waals surface area (Å²) in [5.41, 5.74) is 0.580. The quantitative estimate of drug-likeness (QED) is 0.901. The molecule has 1 fully saturated rings. The summed E-state index contributed by atoms with van der Waals surface area (Å²) in [6.07, 6.45) is 4.67. The van der Waals surface area contributed by atoms with E-state index < -0.39 is 0 Å². The van der Waals surface area contributed by atoms with Gasteiger partial charge in [-0.05, 0) is 31.0 Å². The number of oxazole rings is 1. The fraction of sp³-hybridized carbons (Fsp3) is 0.526. The highest BCUT2D eigenvalue weighted by molar-refractivity contribution is 5.51. The summed E-state index contributed by atoms with van der Waals surface area (Å²) in [4.78, 5) is 11.0. The van der Waals surface area contributed by atoms with Crippen LogP contribution < -0.4 is 5.32 Å². The Morgan fingerprint density at radius 3 is 2.96 bits per heavy atom. The van der Waals surface area contributed by atoms with E-state index in [-0.39, 0.29) is 5.41 Å². The summed E-state index contributed by atoms with van der Waals surface area (Å²) in [6, 6.07) is 5.74. The van der Waals surface area contributed by atoms with Gasteiger partial charge in [-0.25, -0.2) is 9.97 Å². The molecule has 0 saturated carbocycles. The molecular weight excluding hydrogens is 314 g/mol. The molecule has 3 rings (SSSR count). The van der Waals surface area contributed by atoms with Crippen LogP contribution >= 0.6 is 0 Å². The van der Waals surface area contributed by atoms with Crippen LogP contribution in [0, 0.1) is 17.2 Å². The van der Waals surface area contributed by atoms with E-state index in [1.165, 1.54) is 0 Å². The van der Waals surface area contributed by atoms with Gasteiger partial charge in [0.2, 0.25) is 5.89 Å². The van der Waals surface area contributed by atoms with E-state index in [1.54, 1.807) is 18.3 Å². The number of pyridine rings is 1. The molecule has 0 amide bonds. The van der Waals surface area contributed by atoms with Gasteiger partial charge in [-0.1, -0.05) is 20.8 Å². The van der Waals surface area contributed by atoms with Gasteiger partial charge in [0.05, 0.1) is 18.3 Å². The summed E-state index contributed by atoms with van der Waals surface area (Å²) in [5.74, 6) is 2.92. The van der Waals surface area contributed by atoms with Crippen molar-refractivity contribution in [2.45, 2.75) is 39.2 Å². The highest BCUT2D eigenvalue weighted by Gasteiger charge is 2.25. The molecule has 1 unspecified atom stereocenters. The number of nitrogens with one attached hydrogen (secondary N) is 1. The summed E-state index contributed by atoms with van der Waals surface area (Å²) in [5, 5.41) is 12.4. The fourth-order valence-electron chi connectivity index (χ4n) is 3.02. The van der Waals surface area contributed by atoms with Crippen LogP contribution in [0.3, 0.4) is 0 Å². The Bertz CT molecular complexity index is 756. The van der Waals surface area contributed by atoms with Crippen LogP contribution in [0.1, 0.15) is 44.4 Å². The first kappa shape index (κ1) is 17.4. The maximum atomic E-state index is 9.12. The maximum Gasteiger partial charge on any atom is 0.208 e. The fourth-order valence-corrected chi connectivity index (χ4v) is 3.02. The van der Waals surface area contributed by atoms with E-state index in [0.29, 0.717) is 17.3 Å². The van der Waals surface area contributed by atoms with Crippen LogP contribution in [0.5, 0.6) is 0 Å². The van der Waals surface area contributed by atoms with Crippen LogP contribution in [-0.2, 0) is 12.0 Å². The zero-order chi connectivity index (χ0) is 17.9. The van der Waals surface area contributed by atoms with Crippen molar-refractivity contribution < 1.29 is 4.42 Å². The van der Waals surface area contributed by atoms with E-state index in [9.17, 15) is 0 Å². The Hall–Kier alpha value is -2.39. The normalized spacial score (nSPS) is 18.2. The van der Waals surface area contributed by atoms with Gasteiger partial charge >= 0.3 is 0 Å². The summed E-state index contributed by atoms with van der Waals surface area (Å²) in [6.45, 7) is 9.98. The Labute approximate surface area is 148 Å². The van der Waals surface area contributed by atoms with E-state index in [0.717, 1.165) is 44.3 Å².